The minimum atomic E-state index is -3.78. The maximum atomic E-state index is 11.5. The molecule has 0 bridgehead atoms. The van der Waals surface area contributed by atoms with E-state index in [4.69, 9.17) is 0 Å². The summed E-state index contributed by atoms with van der Waals surface area (Å²) in [6.07, 6.45) is -0.870. The maximum absolute atomic E-state index is 11.5. The second kappa shape index (κ2) is 5.36. The van der Waals surface area contributed by atoms with Crippen molar-refractivity contribution < 1.29 is 28.2 Å². The monoisotopic (exact) mass is 274 g/mol. The number of carbonyl (C=O) groups is 1. The molecule has 0 aliphatic heterocycles. The lowest BCUT2D eigenvalue weighted by Crippen LogP contribution is -2.18. The summed E-state index contributed by atoms with van der Waals surface area (Å²) in [6, 6.07) is 3.75. The SMILES string of the molecule is CCOC(=O)C(O)c1cccc(O)c1S(C)(=O)=O. The Morgan fingerprint density at radius 1 is 1.44 bits per heavy atom. The van der Waals surface area contributed by atoms with Crippen molar-refractivity contribution in [3.8, 4) is 5.75 Å². The summed E-state index contributed by atoms with van der Waals surface area (Å²) in [7, 11) is -3.78. The fourth-order valence-electron chi connectivity index (χ4n) is 1.51. The Labute approximate surface area is 105 Å². The van der Waals surface area contributed by atoms with Gasteiger partial charge in [-0.25, -0.2) is 13.2 Å². The van der Waals surface area contributed by atoms with Gasteiger partial charge in [-0.1, -0.05) is 12.1 Å². The molecule has 0 radical (unpaired) electrons. The van der Waals surface area contributed by atoms with E-state index >= 15 is 0 Å². The number of hydrogen-bond donors (Lipinski definition) is 2. The molecule has 0 aliphatic carbocycles. The Hall–Kier alpha value is -1.60. The van der Waals surface area contributed by atoms with Crippen LogP contribution in [0.4, 0.5) is 0 Å². The third kappa shape index (κ3) is 2.99. The van der Waals surface area contributed by atoms with Crippen molar-refractivity contribution in [2.75, 3.05) is 12.9 Å². The molecule has 18 heavy (non-hydrogen) atoms. The lowest BCUT2D eigenvalue weighted by molar-refractivity contribution is -0.153. The zero-order valence-electron chi connectivity index (χ0n) is 9.95. The summed E-state index contributed by atoms with van der Waals surface area (Å²) < 4.78 is 27.7. The number of phenolic OH excluding ortho intramolecular Hbond substituents is 1. The van der Waals surface area contributed by atoms with E-state index in [9.17, 15) is 23.4 Å². The van der Waals surface area contributed by atoms with E-state index in [0.717, 1.165) is 12.3 Å². The summed E-state index contributed by atoms with van der Waals surface area (Å²) in [4.78, 5) is 10.9. The minimum absolute atomic E-state index is 0.0584. The van der Waals surface area contributed by atoms with Gasteiger partial charge in [0.15, 0.2) is 15.9 Å². The van der Waals surface area contributed by atoms with Crippen molar-refractivity contribution in [1.29, 1.82) is 0 Å². The molecule has 0 saturated carbocycles. The molecule has 0 spiro atoms. The van der Waals surface area contributed by atoms with E-state index in [1.807, 2.05) is 0 Å². The second-order valence-electron chi connectivity index (χ2n) is 3.62. The average molecular weight is 274 g/mol. The number of hydrogen-bond acceptors (Lipinski definition) is 6. The molecule has 0 aromatic heterocycles. The van der Waals surface area contributed by atoms with Crippen molar-refractivity contribution >= 4 is 15.8 Å². The number of carbonyl (C=O) groups excluding carboxylic acids is 1. The molecule has 1 unspecified atom stereocenters. The molecule has 2 N–H and O–H groups in total. The van der Waals surface area contributed by atoms with Crippen LogP contribution in [0.3, 0.4) is 0 Å². The maximum Gasteiger partial charge on any atom is 0.339 e. The van der Waals surface area contributed by atoms with Gasteiger partial charge in [0.25, 0.3) is 0 Å². The van der Waals surface area contributed by atoms with E-state index < -0.39 is 32.6 Å². The van der Waals surface area contributed by atoms with Crippen LogP contribution < -0.4 is 0 Å². The minimum Gasteiger partial charge on any atom is -0.507 e. The fraction of sp³-hybridized carbons (Fsp3) is 0.364. The number of aliphatic hydroxyl groups is 1. The highest BCUT2D eigenvalue weighted by Gasteiger charge is 2.27. The third-order valence-corrected chi connectivity index (χ3v) is 3.39. The summed E-state index contributed by atoms with van der Waals surface area (Å²) in [5.74, 6) is -1.48. The number of esters is 1. The van der Waals surface area contributed by atoms with Crippen molar-refractivity contribution in [3.05, 3.63) is 23.8 Å². The topological polar surface area (TPSA) is 101 Å². The molecule has 1 aromatic rings. The van der Waals surface area contributed by atoms with Gasteiger partial charge in [-0.05, 0) is 13.0 Å². The van der Waals surface area contributed by atoms with Gasteiger partial charge < -0.3 is 14.9 Å². The van der Waals surface area contributed by atoms with Crippen LogP contribution in [0.25, 0.3) is 0 Å². The molecule has 1 rings (SSSR count). The van der Waals surface area contributed by atoms with Crippen LogP contribution in [0.5, 0.6) is 5.75 Å². The lowest BCUT2D eigenvalue weighted by atomic mass is 10.1. The van der Waals surface area contributed by atoms with Gasteiger partial charge in [0.1, 0.15) is 10.6 Å². The first-order valence-electron chi connectivity index (χ1n) is 5.15. The van der Waals surface area contributed by atoms with E-state index in [1.165, 1.54) is 12.1 Å². The van der Waals surface area contributed by atoms with Crippen LogP contribution >= 0.6 is 0 Å². The van der Waals surface area contributed by atoms with E-state index in [-0.39, 0.29) is 12.2 Å². The molecule has 100 valence electrons. The normalized spacial score (nSPS) is 13.1. The highest BCUT2D eigenvalue weighted by Crippen LogP contribution is 2.30. The Morgan fingerprint density at radius 3 is 2.56 bits per heavy atom. The van der Waals surface area contributed by atoms with Gasteiger partial charge in [-0.15, -0.1) is 0 Å². The number of sulfone groups is 1. The molecule has 0 heterocycles. The molecule has 6 nitrogen and oxygen atoms in total. The number of rotatable bonds is 4. The van der Waals surface area contributed by atoms with Gasteiger partial charge in [-0.2, -0.15) is 0 Å². The zero-order valence-corrected chi connectivity index (χ0v) is 10.8. The first kappa shape index (κ1) is 14.5. The summed E-state index contributed by atoms with van der Waals surface area (Å²) in [6.45, 7) is 1.62. The van der Waals surface area contributed by atoms with Crippen LogP contribution in [0, 0.1) is 0 Å². The van der Waals surface area contributed by atoms with Crippen molar-refractivity contribution in [3.63, 3.8) is 0 Å². The summed E-state index contributed by atoms with van der Waals surface area (Å²) in [5.41, 5.74) is -0.198. The molecule has 7 heteroatoms. The van der Waals surface area contributed by atoms with Crippen LogP contribution in [-0.4, -0.2) is 37.5 Å². The Kier molecular flexibility index (Phi) is 4.31. The molecule has 1 atom stereocenters. The number of phenols is 1. The first-order chi connectivity index (χ1) is 8.29. The highest BCUT2D eigenvalue weighted by atomic mass is 32.2. The van der Waals surface area contributed by atoms with E-state index in [2.05, 4.69) is 4.74 Å². The number of aromatic hydroxyl groups is 1. The molecule has 0 aliphatic rings. The molecule has 0 amide bonds. The molecule has 0 saturated heterocycles. The van der Waals surface area contributed by atoms with Crippen molar-refractivity contribution in [2.45, 2.75) is 17.9 Å². The Balaban J connectivity index is 3.34. The molecular formula is C11H14O6S. The zero-order chi connectivity index (χ0) is 13.9. The molecular weight excluding hydrogens is 260 g/mol. The van der Waals surface area contributed by atoms with Crippen LogP contribution in [0.1, 0.15) is 18.6 Å². The van der Waals surface area contributed by atoms with E-state index in [0.29, 0.717) is 0 Å². The Morgan fingerprint density at radius 2 is 2.06 bits per heavy atom. The molecule has 0 fully saturated rings. The number of ether oxygens (including phenoxy) is 1. The van der Waals surface area contributed by atoms with Crippen molar-refractivity contribution in [1.82, 2.24) is 0 Å². The van der Waals surface area contributed by atoms with E-state index in [1.54, 1.807) is 6.92 Å². The Bertz CT molecular complexity index is 549. The first-order valence-corrected chi connectivity index (χ1v) is 7.04. The van der Waals surface area contributed by atoms with Gasteiger partial charge in [0.2, 0.25) is 0 Å². The predicted molar refractivity (Wildman–Crippen MR) is 62.8 cm³/mol. The molecule has 1 aromatic carbocycles. The van der Waals surface area contributed by atoms with Gasteiger partial charge in [0.05, 0.1) is 6.61 Å². The van der Waals surface area contributed by atoms with Gasteiger partial charge >= 0.3 is 5.97 Å². The fourth-order valence-corrected chi connectivity index (χ4v) is 2.57. The third-order valence-electron chi connectivity index (χ3n) is 2.20. The quantitative estimate of drug-likeness (QED) is 0.770. The van der Waals surface area contributed by atoms with Gasteiger partial charge in [-0.3, -0.25) is 0 Å². The van der Waals surface area contributed by atoms with Gasteiger partial charge in [0, 0.05) is 11.8 Å². The summed E-state index contributed by atoms with van der Waals surface area (Å²) >= 11 is 0. The second-order valence-corrected chi connectivity index (χ2v) is 5.57. The number of benzene rings is 1. The lowest BCUT2D eigenvalue weighted by Gasteiger charge is -2.14. The smallest absolute Gasteiger partial charge is 0.339 e. The number of aliphatic hydroxyl groups excluding tert-OH is 1. The van der Waals surface area contributed by atoms with Crippen molar-refractivity contribution in [2.24, 2.45) is 0 Å². The predicted octanol–water partition coefficient (Wildman–Crippen LogP) is 0.392. The van der Waals surface area contributed by atoms with Crippen LogP contribution in [0.15, 0.2) is 23.1 Å². The van der Waals surface area contributed by atoms with Crippen LogP contribution in [0.2, 0.25) is 0 Å². The largest absolute Gasteiger partial charge is 0.507 e. The van der Waals surface area contributed by atoms with Crippen LogP contribution in [-0.2, 0) is 19.4 Å². The summed E-state index contributed by atoms with van der Waals surface area (Å²) in [5, 5.41) is 19.3. The highest BCUT2D eigenvalue weighted by molar-refractivity contribution is 7.90. The average Bonchev–Trinajstić information content (AvgIpc) is 2.26. The standard InChI is InChI=1S/C11H14O6S/c1-3-17-11(14)9(13)7-5-4-6-8(12)10(7)18(2,15)16/h4-6,9,12-13H,3H2,1-2H3.